The van der Waals surface area contributed by atoms with Crippen molar-refractivity contribution in [3.63, 3.8) is 0 Å². The van der Waals surface area contributed by atoms with Gasteiger partial charge in [0.25, 0.3) is 0 Å². The number of sulfonamides is 1. The zero-order valence-electron chi connectivity index (χ0n) is 19.6. The van der Waals surface area contributed by atoms with Crippen molar-refractivity contribution in [2.75, 3.05) is 36.0 Å². The van der Waals surface area contributed by atoms with Crippen molar-refractivity contribution in [1.82, 2.24) is 4.31 Å². The van der Waals surface area contributed by atoms with E-state index in [-0.39, 0.29) is 35.8 Å². The maximum atomic E-state index is 13.7. The Hall–Kier alpha value is -3.30. The van der Waals surface area contributed by atoms with Gasteiger partial charge in [0.05, 0.1) is 22.1 Å². The smallest absolute Gasteiger partial charge is 0.368 e. The van der Waals surface area contributed by atoms with Crippen molar-refractivity contribution in [2.24, 2.45) is 5.73 Å². The molecule has 2 saturated heterocycles. The Morgan fingerprint density at radius 3 is 2.53 bits per heavy atom. The molecule has 2 aromatic rings. The third kappa shape index (κ3) is 4.85. The molecule has 8 nitrogen and oxygen atoms in total. The summed E-state index contributed by atoms with van der Waals surface area (Å²) in [6.45, 7) is 2.31. The van der Waals surface area contributed by atoms with Crippen molar-refractivity contribution >= 4 is 27.3 Å². The first kappa shape index (κ1) is 25.8. The number of anilines is 2. The van der Waals surface area contributed by atoms with Gasteiger partial charge >= 0.3 is 6.18 Å². The minimum absolute atomic E-state index is 0.0152. The number of benzene rings is 2. The highest BCUT2D eigenvalue weighted by Gasteiger charge is 2.39. The highest BCUT2D eigenvalue weighted by Crippen LogP contribution is 2.38. The lowest BCUT2D eigenvalue weighted by Gasteiger charge is -2.41. The minimum atomic E-state index is -4.66. The van der Waals surface area contributed by atoms with Gasteiger partial charge in [-0.3, -0.25) is 4.79 Å². The monoisotopic (exact) mass is 521 g/mol. The normalized spacial score (nSPS) is 21.4. The van der Waals surface area contributed by atoms with Gasteiger partial charge in [-0.15, -0.1) is 0 Å². The highest BCUT2D eigenvalue weighted by molar-refractivity contribution is 7.89. The average molecular weight is 522 g/mol. The zero-order chi connectivity index (χ0) is 26.3. The maximum Gasteiger partial charge on any atom is 0.418 e. The van der Waals surface area contributed by atoms with Crippen molar-refractivity contribution in [1.29, 1.82) is 5.26 Å². The number of carbonyl (C=O) groups excluding carboxylic acids is 1. The van der Waals surface area contributed by atoms with Crippen LogP contribution < -0.4 is 15.5 Å². The van der Waals surface area contributed by atoms with E-state index in [0.717, 1.165) is 12.5 Å². The van der Waals surface area contributed by atoms with Crippen molar-refractivity contribution in [2.45, 2.75) is 42.9 Å². The van der Waals surface area contributed by atoms with Crippen LogP contribution in [0, 0.1) is 11.3 Å². The molecule has 2 heterocycles. The first-order chi connectivity index (χ1) is 16.9. The molecular formula is C24H26F3N5O3S. The lowest BCUT2D eigenvalue weighted by Crippen LogP contribution is -2.54. The lowest BCUT2D eigenvalue weighted by atomic mass is 10.1. The standard InChI is InChI=1S/C24H26F3N5O3S/c1-16-15-30(21-8-7-17(14-28)12-20(21)24(25,26)27)10-11-32(16)36(34,35)19-5-2-4-18(13-19)31-9-3-6-22(31)23(29)33/h2,4-5,7-8,12-13,16,22H,3,6,9-11,15H2,1H3,(H2,29,33)/t16-,22+/m1/s1. The second-order valence-electron chi connectivity index (χ2n) is 9.00. The predicted molar refractivity (Wildman–Crippen MR) is 128 cm³/mol. The number of carbonyl (C=O) groups is 1. The molecule has 0 unspecified atom stereocenters. The fraction of sp³-hybridized carbons (Fsp3) is 0.417. The van der Waals surface area contributed by atoms with E-state index in [1.165, 1.54) is 33.5 Å². The number of hydrogen-bond acceptors (Lipinski definition) is 6. The van der Waals surface area contributed by atoms with E-state index < -0.39 is 39.8 Å². The summed E-state index contributed by atoms with van der Waals surface area (Å²) < 4.78 is 69.3. The molecule has 2 atom stereocenters. The average Bonchev–Trinajstić information content (AvgIpc) is 3.33. The number of primary amides is 1. The Labute approximate surface area is 207 Å². The van der Waals surface area contributed by atoms with Gasteiger partial charge in [0.15, 0.2) is 0 Å². The van der Waals surface area contributed by atoms with Crippen LogP contribution in [0.4, 0.5) is 24.5 Å². The van der Waals surface area contributed by atoms with E-state index in [9.17, 15) is 26.4 Å². The Morgan fingerprint density at radius 2 is 1.89 bits per heavy atom. The second kappa shape index (κ2) is 9.63. The molecule has 0 saturated carbocycles. The number of halogens is 3. The maximum absolute atomic E-state index is 13.7. The van der Waals surface area contributed by atoms with Crippen LogP contribution in [0.1, 0.15) is 30.9 Å². The molecule has 0 bridgehead atoms. The third-order valence-corrected chi connectivity index (χ3v) is 8.68. The summed E-state index contributed by atoms with van der Waals surface area (Å²) in [7, 11) is -3.96. The molecular weight excluding hydrogens is 495 g/mol. The number of amides is 1. The molecule has 2 fully saturated rings. The predicted octanol–water partition coefficient (Wildman–Crippen LogP) is 2.93. The van der Waals surface area contributed by atoms with Crippen LogP contribution in [0.2, 0.25) is 0 Å². The van der Waals surface area contributed by atoms with Crippen molar-refractivity contribution < 1.29 is 26.4 Å². The van der Waals surface area contributed by atoms with Gasteiger partial charge in [0.1, 0.15) is 6.04 Å². The molecule has 12 heteroatoms. The van der Waals surface area contributed by atoms with E-state index in [1.807, 2.05) is 0 Å². The van der Waals surface area contributed by atoms with Gasteiger partial charge in [-0.05, 0) is 56.2 Å². The van der Waals surface area contributed by atoms with Crippen LogP contribution in [0.3, 0.4) is 0 Å². The largest absolute Gasteiger partial charge is 0.418 e. The second-order valence-corrected chi connectivity index (χ2v) is 10.9. The number of nitrogens with zero attached hydrogens (tertiary/aromatic N) is 4. The van der Waals surface area contributed by atoms with E-state index in [0.29, 0.717) is 18.7 Å². The minimum Gasteiger partial charge on any atom is -0.368 e. The Morgan fingerprint density at radius 1 is 1.14 bits per heavy atom. The number of alkyl halides is 3. The van der Waals surface area contributed by atoms with Crippen LogP contribution in [-0.2, 0) is 21.0 Å². The Balaban J connectivity index is 1.57. The van der Waals surface area contributed by atoms with Gasteiger partial charge in [0.2, 0.25) is 15.9 Å². The van der Waals surface area contributed by atoms with Crippen LogP contribution in [-0.4, -0.2) is 56.9 Å². The number of piperazine rings is 1. The van der Waals surface area contributed by atoms with Gasteiger partial charge < -0.3 is 15.5 Å². The molecule has 192 valence electrons. The number of nitriles is 1. The van der Waals surface area contributed by atoms with E-state index in [4.69, 9.17) is 11.0 Å². The van der Waals surface area contributed by atoms with Gasteiger partial charge in [0, 0.05) is 43.6 Å². The molecule has 0 radical (unpaired) electrons. The molecule has 2 aliphatic heterocycles. The van der Waals surface area contributed by atoms with Gasteiger partial charge in [-0.2, -0.15) is 22.7 Å². The summed E-state index contributed by atoms with van der Waals surface area (Å²) in [5, 5.41) is 9.00. The number of rotatable bonds is 5. The van der Waals surface area contributed by atoms with E-state index in [1.54, 1.807) is 30.0 Å². The van der Waals surface area contributed by atoms with Crippen LogP contribution in [0.25, 0.3) is 0 Å². The SMILES string of the molecule is C[C@@H]1CN(c2ccc(C#N)cc2C(F)(F)F)CCN1S(=O)(=O)c1cccc(N2CCC[C@H]2C(N)=O)c1. The molecule has 4 rings (SSSR count). The molecule has 2 N–H and O–H groups in total. The molecule has 0 aromatic heterocycles. The molecule has 2 aromatic carbocycles. The highest BCUT2D eigenvalue weighted by atomic mass is 32.2. The summed E-state index contributed by atoms with van der Waals surface area (Å²) >= 11 is 0. The summed E-state index contributed by atoms with van der Waals surface area (Å²) in [6, 6.07) is 10.3. The van der Waals surface area contributed by atoms with Crippen LogP contribution >= 0.6 is 0 Å². The zero-order valence-corrected chi connectivity index (χ0v) is 20.4. The first-order valence-electron chi connectivity index (χ1n) is 11.5. The lowest BCUT2D eigenvalue weighted by molar-refractivity contribution is -0.137. The van der Waals surface area contributed by atoms with Crippen molar-refractivity contribution in [3.8, 4) is 6.07 Å². The quantitative estimate of drug-likeness (QED) is 0.648. The Kier molecular flexibility index (Phi) is 6.90. The summed E-state index contributed by atoms with van der Waals surface area (Å²) in [5.74, 6) is -0.466. The summed E-state index contributed by atoms with van der Waals surface area (Å²) in [6.07, 6.45) is -3.30. The number of hydrogen-bond donors (Lipinski definition) is 1. The first-order valence-corrected chi connectivity index (χ1v) is 12.9. The van der Waals surface area contributed by atoms with Crippen LogP contribution in [0.15, 0.2) is 47.4 Å². The summed E-state index contributed by atoms with van der Waals surface area (Å²) in [5.41, 5.74) is 4.97. The van der Waals surface area contributed by atoms with Gasteiger partial charge in [-0.1, -0.05) is 6.07 Å². The molecule has 1 amide bonds. The Bertz CT molecular complexity index is 1310. The van der Waals surface area contributed by atoms with E-state index in [2.05, 4.69) is 0 Å². The fourth-order valence-electron chi connectivity index (χ4n) is 4.95. The molecule has 2 aliphatic rings. The molecule has 0 aliphatic carbocycles. The summed E-state index contributed by atoms with van der Waals surface area (Å²) in [4.78, 5) is 15.1. The molecule has 0 spiro atoms. The topological polar surface area (TPSA) is 111 Å². The van der Waals surface area contributed by atoms with Crippen LogP contribution in [0.5, 0.6) is 0 Å². The fourth-order valence-corrected chi connectivity index (χ4v) is 6.61. The van der Waals surface area contributed by atoms with E-state index >= 15 is 0 Å². The molecule has 36 heavy (non-hydrogen) atoms. The van der Waals surface area contributed by atoms with Gasteiger partial charge in [-0.25, -0.2) is 8.42 Å². The third-order valence-electron chi connectivity index (χ3n) is 6.68. The van der Waals surface area contributed by atoms with Crippen molar-refractivity contribution in [3.05, 3.63) is 53.6 Å². The number of nitrogens with two attached hydrogens (primary N) is 1.